The summed E-state index contributed by atoms with van der Waals surface area (Å²) in [5, 5.41) is 0. The Bertz CT molecular complexity index is 77.0. The minimum atomic E-state index is 0.574. The van der Waals surface area contributed by atoms with E-state index in [0.29, 0.717) is 5.57 Å². The van der Waals surface area contributed by atoms with E-state index in [-0.39, 0.29) is 0 Å². The summed E-state index contributed by atoms with van der Waals surface area (Å²) >= 11 is 3.92. The van der Waals surface area contributed by atoms with Crippen molar-refractivity contribution in [2.75, 3.05) is 5.75 Å². The van der Waals surface area contributed by atoms with Crippen LogP contribution in [0.1, 0.15) is 20.3 Å². The topological polar surface area (TPSA) is 17.1 Å². The monoisotopic (exact) mass is 146 g/mol. The highest BCUT2D eigenvalue weighted by atomic mass is 32.1. The van der Waals surface area contributed by atoms with E-state index >= 15 is 0 Å². The summed E-state index contributed by atoms with van der Waals surface area (Å²) < 4.78 is 0. The van der Waals surface area contributed by atoms with E-state index in [1.807, 2.05) is 0 Å². The quantitative estimate of drug-likeness (QED) is 0.358. The van der Waals surface area contributed by atoms with Crippen LogP contribution in [0, 0.1) is 0 Å². The Kier molecular flexibility index (Phi) is 13.7. The molecule has 54 valence electrons. The van der Waals surface area contributed by atoms with Gasteiger partial charge in [-0.05, 0) is 24.7 Å². The average molecular weight is 146 g/mol. The van der Waals surface area contributed by atoms with Crippen molar-refractivity contribution in [2.24, 2.45) is 0 Å². The maximum absolute atomic E-state index is 9.41. The summed E-state index contributed by atoms with van der Waals surface area (Å²) in [5.74, 6) is 1.01. The number of hydrogen-bond donors (Lipinski definition) is 1. The van der Waals surface area contributed by atoms with E-state index in [1.54, 1.807) is 6.92 Å². The van der Waals surface area contributed by atoms with Crippen molar-refractivity contribution >= 4 is 18.9 Å². The molecule has 0 saturated carbocycles. The van der Waals surface area contributed by atoms with Crippen LogP contribution in [-0.4, -0.2) is 12.0 Å². The predicted molar refractivity (Wildman–Crippen MR) is 45.0 cm³/mol. The Labute approximate surface area is 62.6 Å². The fourth-order valence-corrected chi connectivity index (χ4v) is 0. The molecule has 0 rings (SSSR count). The summed E-state index contributed by atoms with van der Waals surface area (Å²) in [5.41, 5.74) is 0.574. The highest BCUT2D eigenvalue weighted by Gasteiger charge is 1.66. The van der Waals surface area contributed by atoms with Gasteiger partial charge in [0.05, 0.1) is 0 Å². The zero-order chi connectivity index (χ0) is 7.70. The lowest BCUT2D eigenvalue weighted by molar-refractivity contribution is -0.104. The summed E-state index contributed by atoms with van der Waals surface area (Å²) in [6.07, 6.45) is 1.91. The summed E-state index contributed by atoms with van der Waals surface area (Å²) in [6.45, 7) is 7.07. The van der Waals surface area contributed by atoms with Gasteiger partial charge in [0.2, 0.25) is 0 Å². The maximum Gasteiger partial charge on any atom is 0.145 e. The lowest BCUT2D eigenvalue weighted by atomic mass is 10.4. The minimum absolute atomic E-state index is 0.574. The van der Waals surface area contributed by atoms with Gasteiger partial charge in [-0.1, -0.05) is 13.5 Å². The molecule has 0 aromatic carbocycles. The molecule has 2 heteroatoms. The number of allylic oxidation sites excluding steroid dienone is 1. The second-order valence-electron chi connectivity index (χ2n) is 1.69. The molecule has 0 fully saturated rings. The van der Waals surface area contributed by atoms with Crippen LogP contribution >= 0.6 is 12.6 Å². The molecule has 9 heavy (non-hydrogen) atoms. The lowest BCUT2D eigenvalue weighted by Gasteiger charge is -1.67. The first kappa shape index (κ1) is 11.5. The Morgan fingerprint density at radius 3 is 2.00 bits per heavy atom. The minimum Gasteiger partial charge on any atom is -0.298 e. The first-order valence-corrected chi connectivity index (χ1v) is 3.53. The van der Waals surface area contributed by atoms with Gasteiger partial charge in [-0.2, -0.15) is 12.6 Å². The number of carbonyl (C=O) groups excluding carboxylic acids is 1. The average Bonchev–Trinajstić information content (AvgIpc) is 1.89. The third kappa shape index (κ3) is 33.8. The summed E-state index contributed by atoms with van der Waals surface area (Å²) in [7, 11) is 0. The largest absolute Gasteiger partial charge is 0.298 e. The van der Waals surface area contributed by atoms with Crippen molar-refractivity contribution < 1.29 is 4.79 Å². The van der Waals surface area contributed by atoms with Gasteiger partial charge in [0.15, 0.2) is 0 Å². The Balaban J connectivity index is 0. The number of thiol groups is 1. The Hall–Kier alpha value is -0.240. The van der Waals surface area contributed by atoms with Gasteiger partial charge in [0.25, 0.3) is 0 Å². The molecule has 0 saturated heterocycles. The van der Waals surface area contributed by atoms with Crippen LogP contribution in [0.15, 0.2) is 12.2 Å². The fraction of sp³-hybridized carbons (Fsp3) is 0.571. The van der Waals surface area contributed by atoms with Crippen LogP contribution in [0.4, 0.5) is 0 Å². The molecule has 0 unspecified atom stereocenters. The van der Waals surface area contributed by atoms with E-state index in [4.69, 9.17) is 0 Å². The molecule has 0 bridgehead atoms. The second-order valence-corrected chi connectivity index (χ2v) is 2.14. The van der Waals surface area contributed by atoms with Crippen LogP contribution in [0.2, 0.25) is 0 Å². The third-order valence-electron chi connectivity index (χ3n) is 0.425. The molecule has 0 aliphatic carbocycles. The Morgan fingerprint density at radius 1 is 1.78 bits per heavy atom. The van der Waals surface area contributed by atoms with E-state index in [0.717, 1.165) is 12.0 Å². The molecule has 0 N–H and O–H groups in total. The Morgan fingerprint density at radius 2 is 2.00 bits per heavy atom. The highest BCUT2D eigenvalue weighted by Crippen LogP contribution is 1.74. The normalized spacial score (nSPS) is 7.00. The van der Waals surface area contributed by atoms with Gasteiger partial charge in [-0.25, -0.2) is 0 Å². The smallest absolute Gasteiger partial charge is 0.145 e. The first-order valence-electron chi connectivity index (χ1n) is 2.90. The molecule has 0 atom stereocenters. The van der Waals surface area contributed by atoms with Crippen LogP contribution in [0.5, 0.6) is 0 Å². The number of carbonyl (C=O) groups is 1. The molecular weight excluding hydrogens is 132 g/mol. The van der Waals surface area contributed by atoms with Gasteiger partial charge in [-0.3, -0.25) is 4.79 Å². The van der Waals surface area contributed by atoms with Crippen molar-refractivity contribution in [1.82, 2.24) is 0 Å². The van der Waals surface area contributed by atoms with Gasteiger partial charge in [0, 0.05) is 0 Å². The van der Waals surface area contributed by atoms with Gasteiger partial charge in [-0.15, -0.1) is 0 Å². The van der Waals surface area contributed by atoms with Crippen LogP contribution in [0.25, 0.3) is 0 Å². The van der Waals surface area contributed by atoms with Crippen LogP contribution in [-0.2, 0) is 4.79 Å². The van der Waals surface area contributed by atoms with Crippen molar-refractivity contribution in [3.8, 4) is 0 Å². The number of rotatable bonds is 2. The fourth-order valence-electron chi connectivity index (χ4n) is 0. The molecule has 0 aliphatic heterocycles. The van der Waals surface area contributed by atoms with Gasteiger partial charge >= 0.3 is 0 Å². The van der Waals surface area contributed by atoms with Crippen molar-refractivity contribution in [2.45, 2.75) is 20.3 Å². The zero-order valence-electron chi connectivity index (χ0n) is 6.05. The molecular formula is C7H14OS. The second kappa shape index (κ2) is 10.7. The molecule has 1 nitrogen and oxygen atoms in total. The highest BCUT2D eigenvalue weighted by molar-refractivity contribution is 7.80. The van der Waals surface area contributed by atoms with Crippen molar-refractivity contribution in [3.05, 3.63) is 12.2 Å². The molecule has 0 spiro atoms. The van der Waals surface area contributed by atoms with E-state index in [2.05, 4.69) is 26.1 Å². The SMILES string of the molecule is C=C(C)C=O.CCCS. The zero-order valence-corrected chi connectivity index (χ0v) is 6.95. The standard InChI is InChI=1S/C4H6O.C3H8S/c1-4(2)3-5;1-2-3-4/h3H,1H2,2H3;4H,2-3H2,1H3. The summed E-state index contributed by atoms with van der Waals surface area (Å²) in [6, 6.07) is 0. The first-order chi connectivity index (χ1) is 4.18. The number of hydrogen-bond acceptors (Lipinski definition) is 2. The summed E-state index contributed by atoms with van der Waals surface area (Å²) in [4.78, 5) is 9.41. The molecule has 0 aromatic rings. The third-order valence-corrected chi connectivity index (χ3v) is 0.872. The van der Waals surface area contributed by atoms with E-state index in [1.165, 1.54) is 6.42 Å². The number of aldehydes is 1. The molecule has 0 radical (unpaired) electrons. The molecule has 0 amide bonds. The van der Waals surface area contributed by atoms with Gasteiger partial charge < -0.3 is 0 Å². The lowest BCUT2D eigenvalue weighted by Crippen LogP contribution is -1.65. The van der Waals surface area contributed by atoms with Crippen LogP contribution in [0.3, 0.4) is 0 Å². The van der Waals surface area contributed by atoms with Gasteiger partial charge in [0.1, 0.15) is 6.29 Å². The maximum atomic E-state index is 9.41. The van der Waals surface area contributed by atoms with Crippen molar-refractivity contribution in [1.29, 1.82) is 0 Å². The van der Waals surface area contributed by atoms with Crippen LogP contribution < -0.4 is 0 Å². The molecule has 0 aliphatic rings. The predicted octanol–water partition coefficient (Wildman–Crippen LogP) is 2.09. The van der Waals surface area contributed by atoms with E-state index < -0.39 is 0 Å². The van der Waals surface area contributed by atoms with E-state index in [9.17, 15) is 4.79 Å². The molecule has 0 aromatic heterocycles. The molecule has 0 heterocycles. The van der Waals surface area contributed by atoms with Crippen molar-refractivity contribution in [3.63, 3.8) is 0 Å².